The highest BCUT2D eigenvalue weighted by Crippen LogP contribution is 2.24. The van der Waals surface area contributed by atoms with Crippen LogP contribution in [0.5, 0.6) is 5.75 Å². The van der Waals surface area contributed by atoms with Crippen molar-refractivity contribution in [1.29, 1.82) is 0 Å². The first-order valence-electron chi connectivity index (χ1n) is 8.82. The third kappa shape index (κ3) is 3.55. The number of rotatable bonds is 5. The second-order valence-corrected chi connectivity index (χ2v) is 6.36. The molecule has 0 fully saturated rings. The molecular weight excluding hydrogens is 336 g/mol. The number of nitrogens with zero attached hydrogens (tertiary/aromatic N) is 1. The van der Waals surface area contributed by atoms with Gasteiger partial charge >= 0.3 is 0 Å². The number of benzene rings is 3. The Balaban J connectivity index is 1.65. The molecule has 0 unspecified atom stereocenters. The fraction of sp³-hybridized carbons (Fsp3) is 0.0870. The second kappa shape index (κ2) is 7.38. The Kier molecular flexibility index (Phi) is 4.62. The number of fused-ring (bicyclic) bond motifs is 1. The van der Waals surface area contributed by atoms with Crippen molar-refractivity contribution in [2.24, 2.45) is 0 Å². The molecule has 0 aliphatic rings. The van der Waals surface area contributed by atoms with Crippen LogP contribution in [0.2, 0.25) is 0 Å². The summed E-state index contributed by atoms with van der Waals surface area (Å²) >= 11 is 0. The highest BCUT2D eigenvalue weighted by atomic mass is 16.5. The number of carbonyl (C=O) groups excluding carboxylic acids is 1. The van der Waals surface area contributed by atoms with Gasteiger partial charge in [0.25, 0.3) is 5.91 Å². The molecule has 3 aromatic carbocycles. The van der Waals surface area contributed by atoms with Gasteiger partial charge in [-0.25, -0.2) is 0 Å². The number of hydrogen-bond donors (Lipinski definition) is 1. The van der Waals surface area contributed by atoms with E-state index in [0.29, 0.717) is 5.56 Å². The normalized spacial score (nSPS) is 10.7. The van der Waals surface area contributed by atoms with Gasteiger partial charge in [0.2, 0.25) is 0 Å². The van der Waals surface area contributed by atoms with Gasteiger partial charge in [-0.1, -0.05) is 48.5 Å². The molecular formula is C23H20N2O2. The SMILES string of the molecule is COc1ccc(NC(=O)c2cn(Cc3ccccc3)c3ccccc23)cc1. The van der Waals surface area contributed by atoms with Crippen LogP contribution in [-0.4, -0.2) is 17.6 Å². The Bertz CT molecular complexity index is 1070. The smallest absolute Gasteiger partial charge is 0.257 e. The van der Waals surface area contributed by atoms with Gasteiger partial charge in [-0.15, -0.1) is 0 Å². The summed E-state index contributed by atoms with van der Waals surface area (Å²) in [4.78, 5) is 12.9. The monoisotopic (exact) mass is 356 g/mol. The lowest BCUT2D eigenvalue weighted by Crippen LogP contribution is -2.11. The van der Waals surface area contributed by atoms with E-state index >= 15 is 0 Å². The van der Waals surface area contributed by atoms with E-state index in [4.69, 9.17) is 4.74 Å². The predicted molar refractivity (Wildman–Crippen MR) is 108 cm³/mol. The lowest BCUT2D eigenvalue weighted by Gasteiger charge is -2.06. The number of hydrogen-bond acceptors (Lipinski definition) is 2. The van der Waals surface area contributed by atoms with Gasteiger partial charge < -0.3 is 14.6 Å². The Morgan fingerprint density at radius 3 is 2.37 bits per heavy atom. The molecule has 0 radical (unpaired) electrons. The largest absolute Gasteiger partial charge is 0.497 e. The number of anilines is 1. The molecule has 0 atom stereocenters. The minimum Gasteiger partial charge on any atom is -0.497 e. The first-order chi connectivity index (χ1) is 13.2. The summed E-state index contributed by atoms with van der Waals surface area (Å²) in [7, 11) is 1.62. The van der Waals surface area contributed by atoms with E-state index < -0.39 is 0 Å². The van der Waals surface area contributed by atoms with Gasteiger partial charge in [-0.05, 0) is 35.9 Å². The molecule has 1 heterocycles. The zero-order valence-corrected chi connectivity index (χ0v) is 15.1. The number of para-hydroxylation sites is 1. The molecule has 134 valence electrons. The summed E-state index contributed by atoms with van der Waals surface area (Å²) in [6, 6.07) is 25.5. The third-order valence-corrected chi connectivity index (χ3v) is 4.58. The van der Waals surface area contributed by atoms with Gasteiger partial charge in [-0.3, -0.25) is 4.79 Å². The quantitative estimate of drug-likeness (QED) is 0.550. The number of methoxy groups -OCH3 is 1. The fourth-order valence-electron chi connectivity index (χ4n) is 3.21. The molecule has 1 amide bonds. The molecule has 27 heavy (non-hydrogen) atoms. The molecule has 4 aromatic rings. The average molecular weight is 356 g/mol. The Hall–Kier alpha value is -3.53. The molecule has 0 spiro atoms. The summed E-state index contributed by atoms with van der Waals surface area (Å²) in [6.07, 6.45) is 1.93. The van der Waals surface area contributed by atoms with E-state index in [1.165, 1.54) is 5.56 Å². The maximum Gasteiger partial charge on any atom is 0.257 e. The summed E-state index contributed by atoms with van der Waals surface area (Å²) in [5.74, 6) is 0.635. The van der Waals surface area contributed by atoms with Crippen LogP contribution in [-0.2, 0) is 6.54 Å². The fourth-order valence-corrected chi connectivity index (χ4v) is 3.21. The van der Waals surface area contributed by atoms with Crippen molar-refractivity contribution in [2.45, 2.75) is 6.54 Å². The molecule has 0 saturated carbocycles. The zero-order chi connectivity index (χ0) is 18.6. The Morgan fingerprint density at radius 2 is 1.63 bits per heavy atom. The van der Waals surface area contributed by atoms with E-state index in [-0.39, 0.29) is 5.91 Å². The Labute approximate surface area is 158 Å². The van der Waals surface area contributed by atoms with Crippen molar-refractivity contribution in [3.63, 3.8) is 0 Å². The van der Waals surface area contributed by atoms with Crippen LogP contribution in [0, 0.1) is 0 Å². The van der Waals surface area contributed by atoms with Crippen molar-refractivity contribution in [3.05, 3.63) is 96.2 Å². The summed E-state index contributed by atoms with van der Waals surface area (Å²) in [5.41, 5.74) is 3.64. The van der Waals surface area contributed by atoms with Gasteiger partial charge in [0.05, 0.1) is 12.7 Å². The Morgan fingerprint density at radius 1 is 0.926 bits per heavy atom. The van der Waals surface area contributed by atoms with E-state index in [0.717, 1.165) is 28.9 Å². The summed E-state index contributed by atoms with van der Waals surface area (Å²) in [6.45, 7) is 0.719. The van der Waals surface area contributed by atoms with E-state index in [1.54, 1.807) is 7.11 Å². The van der Waals surface area contributed by atoms with Gasteiger partial charge in [0, 0.05) is 29.3 Å². The average Bonchev–Trinajstić information content (AvgIpc) is 3.08. The van der Waals surface area contributed by atoms with Crippen LogP contribution in [0.1, 0.15) is 15.9 Å². The molecule has 0 aliphatic carbocycles. The van der Waals surface area contributed by atoms with Crippen LogP contribution in [0.25, 0.3) is 10.9 Å². The first-order valence-corrected chi connectivity index (χ1v) is 8.82. The maximum absolute atomic E-state index is 12.9. The van der Waals surface area contributed by atoms with Crippen molar-refractivity contribution >= 4 is 22.5 Å². The highest BCUT2D eigenvalue weighted by molar-refractivity contribution is 6.13. The number of nitrogens with one attached hydrogen (secondary N) is 1. The number of amides is 1. The lowest BCUT2D eigenvalue weighted by molar-refractivity contribution is 0.102. The van der Waals surface area contributed by atoms with Crippen molar-refractivity contribution in [1.82, 2.24) is 4.57 Å². The first kappa shape index (κ1) is 16.9. The van der Waals surface area contributed by atoms with Crippen LogP contribution in [0.4, 0.5) is 5.69 Å². The van der Waals surface area contributed by atoms with E-state index in [9.17, 15) is 4.79 Å². The van der Waals surface area contributed by atoms with Gasteiger partial charge in [0.15, 0.2) is 0 Å². The molecule has 1 N–H and O–H groups in total. The van der Waals surface area contributed by atoms with Crippen LogP contribution in [0.15, 0.2) is 85.1 Å². The summed E-state index contributed by atoms with van der Waals surface area (Å²) < 4.78 is 7.28. The zero-order valence-electron chi connectivity index (χ0n) is 15.1. The highest BCUT2D eigenvalue weighted by Gasteiger charge is 2.15. The summed E-state index contributed by atoms with van der Waals surface area (Å²) in [5, 5.41) is 3.91. The van der Waals surface area contributed by atoms with E-state index in [2.05, 4.69) is 22.0 Å². The van der Waals surface area contributed by atoms with Crippen LogP contribution in [0.3, 0.4) is 0 Å². The molecule has 0 bridgehead atoms. The van der Waals surface area contributed by atoms with Gasteiger partial charge in [0.1, 0.15) is 5.75 Å². The molecule has 1 aromatic heterocycles. The molecule has 4 nitrogen and oxygen atoms in total. The topological polar surface area (TPSA) is 43.3 Å². The van der Waals surface area contributed by atoms with Crippen LogP contribution < -0.4 is 10.1 Å². The van der Waals surface area contributed by atoms with E-state index in [1.807, 2.05) is 72.9 Å². The maximum atomic E-state index is 12.9. The number of carbonyl (C=O) groups is 1. The third-order valence-electron chi connectivity index (χ3n) is 4.58. The molecule has 0 saturated heterocycles. The van der Waals surface area contributed by atoms with Crippen molar-refractivity contribution < 1.29 is 9.53 Å². The molecule has 4 heteroatoms. The second-order valence-electron chi connectivity index (χ2n) is 6.36. The van der Waals surface area contributed by atoms with Crippen LogP contribution >= 0.6 is 0 Å². The minimum absolute atomic E-state index is 0.122. The standard InChI is InChI=1S/C23H20N2O2/c1-27-19-13-11-18(12-14-19)24-23(26)21-16-25(15-17-7-3-2-4-8-17)22-10-6-5-9-20(21)22/h2-14,16H,15H2,1H3,(H,24,26). The molecule has 4 rings (SSSR count). The van der Waals surface area contributed by atoms with Crippen molar-refractivity contribution in [3.8, 4) is 5.75 Å². The van der Waals surface area contributed by atoms with Crippen molar-refractivity contribution in [2.75, 3.05) is 12.4 Å². The molecule has 0 aliphatic heterocycles. The number of ether oxygens (including phenoxy) is 1. The van der Waals surface area contributed by atoms with Gasteiger partial charge in [-0.2, -0.15) is 0 Å². The lowest BCUT2D eigenvalue weighted by atomic mass is 10.1. The minimum atomic E-state index is -0.122. The number of aromatic nitrogens is 1. The predicted octanol–water partition coefficient (Wildman–Crippen LogP) is 4.95.